The molecule has 0 saturated carbocycles. The second-order valence-electron chi connectivity index (χ2n) is 2.46. The van der Waals surface area contributed by atoms with Gasteiger partial charge in [0.2, 0.25) is 0 Å². The molecule has 72 valence electrons. The Morgan fingerprint density at radius 1 is 1.54 bits per heavy atom. The summed E-state index contributed by atoms with van der Waals surface area (Å²) < 4.78 is 12.4. The van der Waals surface area contributed by atoms with Gasteiger partial charge in [0.25, 0.3) is 0 Å². The molecule has 1 unspecified atom stereocenters. The highest BCUT2D eigenvalue weighted by atomic mass is 32.2. The summed E-state index contributed by atoms with van der Waals surface area (Å²) in [5.74, 6) is -0.0261. The molecule has 1 aromatic rings. The zero-order chi connectivity index (χ0) is 9.68. The van der Waals surface area contributed by atoms with Crippen LogP contribution in [-0.2, 0) is 0 Å². The molecule has 0 amide bonds. The van der Waals surface area contributed by atoms with Crippen LogP contribution in [0.5, 0.6) is 0 Å². The lowest BCUT2D eigenvalue weighted by molar-refractivity contribution is 0.113. The average molecular weight is 203 g/mol. The Morgan fingerprint density at radius 2 is 2.31 bits per heavy atom. The van der Waals surface area contributed by atoms with Crippen LogP contribution in [-0.4, -0.2) is 33.7 Å². The summed E-state index contributed by atoms with van der Waals surface area (Å²) in [4.78, 5) is 3.78. The SMILES string of the molecule is OCC(O)CSc1ccc(F)cn1. The fourth-order valence-electron chi connectivity index (χ4n) is 0.682. The zero-order valence-electron chi connectivity index (χ0n) is 6.85. The van der Waals surface area contributed by atoms with Crippen molar-refractivity contribution >= 4 is 11.8 Å². The summed E-state index contributed by atoms with van der Waals surface area (Å²) in [6, 6.07) is 2.84. The molecule has 1 atom stereocenters. The molecule has 1 rings (SSSR count). The van der Waals surface area contributed by atoms with Gasteiger partial charge in [-0.3, -0.25) is 0 Å². The molecule has 0 aliphatic carbocycles. The van der Waals surface area contributed by atoms with E-state index in [9.17, 15) is 4.39 Å². The molecule has 0 saturated heterocycles. The summed E-state index contributed by atoms with van der Waals surface area (Å²) in [5, 5.41) is 18.1. The van der Waals surface area contributed by atoms with Gasteiger partial charge in [-0.25, -0.2) is 9.37 Å². The van der Waals surface area contributed by atoms with Crippen LogP contribution in [0.2, 0.25) is 0 Å². The van der Waals surface area contributed by atoms with E-state index in [1.807, 2.05) is 0 Å². The van der Waals surface area contributed by atoms with Gasteiger partial charge in [-0.1, -0.05) is 0 Å². The van der Waals surface area contributed by atoms with Gasteiger partial charge in [-0.15, -0.1) is 11.8 Å². The molecule has 5 heteroatoms. The van der Waals surface area contributed by atoms with E-state index in [1.165, 1.54) is 23.9 Å². The van der Waals surface area contributed by atoms with Gasteiger partial charge in [0.1, 0.15) is 5.82 Å². The van der Waals surface area contributed by atoms with E-state index >= 15 is 0 Å². The molecule has 0 aliphatic heterocycles. The molecule has 0 aliphatic rings. The lowest BCUT2D eigenvalue weighted by Gasteiger charge is -2.04. The summed E-state index contributed by atoms with van der Waals surface area (Å²) >= 11 is 1.27. The highest BCUT2D eigenvalue weighted by molar-refractivity contribution is 7.99. The van der Waals surface area contributed by atoms with E-state index in [4.69, 9.17) is 10.2 Å². The number of aliphatic hydroxyl groups is 2. The van der Waals surface area contributed by atoms with Crippen LogP contribution in [0.15, 0.2) is 23.4 Å². The number of thioether (sulfide) groups is 1. The highest BCUT2D eigenvalue weighted by Gasteiger charge is 2.03. The van der Waals surface area contributed by atoms with Crippen LogP contribution in [0.1, 0.15) is 0 Å². The Morgan fingerprint density at radius 3 is 2.85 bits per heavy atom. The second kappa shape index (κ2) is 5.16. The first-order valence-corrected chi connectivity index (χ1v) is 4.74. The first kappa shape index (κ1) is 10.4. The maximum Gasteiger partial charge on any atom is 0.141 e. The molecule has 1 heterocycles. The minimum absolute atomic E-state index is 0.270. The smallest absolute Gasteiger partial charge is 0.141 e. The Bertz CT molecular complexity index is 255. The molecule has 0 spiro atoms. The molecule has 2 N–H and O–H groups in total. The second-order valence-corrected chi connectivity index (χ2v) is 3.50. The number of aliphatic hydroxyl groups excluding tert-OH is 2. The average Bonchev–Trinajstić information content (AvgIpc) is 2.16. The first-order chi connectivity index (χ1) is 6.22. The van der Waals surface area contributed by atoms with E-state index in [0.29, 0.717) is 10.8 Å². The minimum Gasteiger partial charge on any atom is -0.394 e. The van der Waals surface area contributed by atoms with Crippen LogP contribution in [0, 0.1) is 5.82 Å². The summed E-state index contributed by atoms with van der Waals surface area (Å²) in [6.07, 6.45) is 0.366. The Hall–Kier alpha value is -0.650. The van der Waals surface area contributed by atoms with Gasteiger partial charge in [-0.05, 0) is 12.1 Å². The topological polar surface area (TPSA) is 53.4 Å². The van der Waals surface area contributed by atoms with E-state index in [0.717, 1.165) is 6.20 Å². The Kier molecular flexibility index (Phi) is 4.14. The van der Waals surface area contributed by atoms with Crippen molar-refractivity contribution in [2.75, 3.05) is 12.4 Å². The molecule has 0 radical (unpaired) electrons. The van der Waals surface area contributed by atoms with Crippen LogP contribution in [0.4, 0.5) is 4.39 Å². The van der Waals surface area contributed by atoms with Crippen LogP contribution in [0.25, 0.3) is 0 Å². The van der Waals surface area contributed by atoms with Crippen molar-refractivity contribution < 1.29 is 14.6 Å². The van der Waals surface area contributed by atoms with E-state index < -0.39 is 6.10 Å². The van der Waals surface area contributed by atoms with Crippen LogP contribution >= 0.6 is 11.8 Å². The number of nitrogens with zero attached hydrogens (tertiary/aromatic N) is 1. The fraction of sp³-hybridized carbons (Fsp3) is 0.375. The van der Waals surface area contributed by atoms with Gasteiger partial charge in [-0.2, -0.15) is 0 Å². The lowest BCUT2D eigenvalue weighted by atomic mass is 10.4. The minimum atomic E-state index is -0.753. The van der Waals surface area contributed by atoms with E-state index in [2.05, 4.69) is 4.98 Å². The van der Waals surface area contributed by atoms with Crippen molar-refractivity contribution in [1.29, 1.82) is 0 Å². The van der Waals surface area contributed by atoms with Gasteiger partial charge in [0.15, 0.2) is 0 Å². The predicted octanol–water partition coefficient (Wildman–Crippen LogP) is 0.666. The molecule has 1 aromatic heterocycles. The number of pyridine rings is 1. The maximum absolute atomic E-state index is 12.4. The predicted molar refractivity (Wildman–Crippen MR) is 48.0 cm³/mol. The van der Waals surface area contributed by atoms with Gasteiger partial charge in [0.05, 0.1) is 23.9 Å². The van der Waals surface area contributed by atoms with Crippen molar-refractivity contribution in [3.05, 3.63) is 24.1 Å². The Balaban J connectivity index is 2.41. The normalized spacial score (nSPS) is 12.8. The van der Waals surface area contributed by atoms with Gasteiger partial charge >= 0.3 is 0 Å². The largest absolute Gasteiger partial charge is 0.394 e. The molecule has 0 fully saturated rings. The third kappa shape index (κ3) is 3.71. The third-order valence-electron chi connectivity index (χ3n) is 1.33. The number of hydrogen-bond acceptors (Lipinski definition) is 4. The molecule has 0 aromatic carbocycles. The lowest BCUT2D eigenvalue weighted by Crippen LogP contribution is -2.14. The van der Waals surface area contributed by atoms with Crippen molar-refractivity contribution in [2.24, 2.45) is 0 Å². The molecule has 13 heavy (non-hydrogen) atoms. The molecule has 0 bridgehead atoms. The zero-order valence-corrected chi connectivity index (χ0v) is 7.67. The Labute approximate surface area is 79.6 Å². The van der Waals surface area contributed by atoms with E-state index in [-0.39, 0.29) is 12.4 Å². The van der Waals surface area contributed by atoms with Crippen molar-refractivity contribution in [3.8, 4) is 0 Å². The molecular weight excluding hydrogens is 193 g/mol. The number of hydrogen-bond donors (Lipinski definition) is 2. The van der Waals surface area contributed by atoms with Crippen LogP contribution in [0.3, 0.4) is 0 Å². The molecular formula is C8H10FNO2S. The van der Waals surface area contributed by atoms with E-state index in [1.54, 1.807) is 0 Å². The van der Waals surface area contributed by atoms with Crippen molar-refractivity contribution in [3.63, 3.8) is 0 Å². The van der Waals surface area contributed by atoms with Gasteiger partial charge < -0.3 is 10.2 Å². The number of aromatic nitrogens is 1. The fourth-order valence-corrected chi connectivity index (χ4v) is 1.44. The van der Waals surface area contributed by atoms with Crippen LogP contribution < -0.4 is 0 Å². The number of rotatable bonds is 4. The van der Waals surface area contributed by atoms with Gasteiger partial charge in [0, 0.05) is 5.75 Å². The molecule has 3 nitrogen and oxygen atoms in total. The highest BCUT2D eigenvalue weighted by Crippen LogP contribution is 2.15. The number of halogens is 1. The first-order valence-electron chi connectivity index (χ1n) is 3.75. The van der Waals surface area contributed by atoms with Crippen molar-refractivity contribution in [2.45, 2.75) is 11.1 Å². The maximum atomic E-state index is 12.4. The summed E-state index contributed by atoms with van der Waals surface area (Å²) in [7, 11) is 0. The summed E-state index contributed by atoms with van der Waals surface area (Å²) in [5.41, 5.74) is 0. The summed E-state index contributed by atoms with van der Waals surface area (Å²) in [6.45, 7) is -0.270. The van der Waals surface area contributed by atoms with Crippen molar-refractivity contribution in [1.82, 2.24) is 4.98 Å². The monoisotopic (exact) mass is 203 g/mol. The quantitative estimate of drug-likeness (QED) is 0.706. The standard InChI is InChI=1S/C8H10FNO2S/c9-6-1-2-8(10-3-6)13-5-7(12)4-11/h1-3,7,11-12H,4-5H2. The third-order valence-corrected chi connectivity index (χ3v) is 2.42.